The number of rotatable bonds is 5. The molecule has 0 aromatic carbocycles. The van der Waals surface area contributed by atoms with Gasteiger partial charge in [0.2, 0.25) is 5.91 Å². The lowest BCUT2D eigenvalue weighted by molar-refractivity contribution is -0.121. The van der Waals surface area contributed by atoms with Gasteiger partial charge in [-0.2, -0.15) is 0 Å². The molecule has 18 heavy (non-hydrogen) atoms. The van der Waals surface area contributed by atoms with Gasteiger partial charge in [0.05, 0.1) is 13.2 Å². The topological polar surface area (TPSA) is 82.7 Å². The molecule has 0 aromatic heterocycles. The van der Waals surface area contributed by atoms with Crippen LogP contribution in [0.25, 0.3) is 0 Å². The number of hydrogen-bond acceptors (Lipinski definition) is 5. The molecule has 0 saturated carbocycles. The molecule has 3 amide bonds. The lowest BCUT2D eigenvalue weighted by Crippen LogP contribution is -2.54. The second-order valence-corrected chi connectivity index (χ2v) is 4.32. The highest BCUT2D eigenvalue weighted by Crippen LogP contribution is 2.00. The maximum atomic E-state index is 11.6. The summed E-state index contributed by atoms with van der Waals surface area (Å²) >= 11 is 0. The summed E-state index contributed by atoms with van der Waals surface area (Å²) in [5.74, 6) is -0.279. The fourth-order valence-electron chi connectivity index (χ4n) is 1.78. The van der Waals surface area contributed by atoms with Crippen LogP contribution in [0.15, 0.2) is 0 Å². The predicted molar refractivity (Wildman–Crippen MR) is 67.3 cm³/mol. The fraction of sp³-hybridized carbons (Fsp3) is 0.818. The molecule has 7 nitrogen and oxygen atoms in total. The highest BCUT2D eigenvalue weighted by atomic mass is 16.5. The number of urea groups is 1. The zero-order valence-corrected chi connectivity index (χ0v) is 11.0. The number of ether oxygens (including phenoxy) is 1. The number of carbonyl (C=O) groups excluding carboxylic acids is 2. The van der Waals surface area contributed by atoms with Crippen LogP contribution in [-0.4, -0.2) is 69.3 Å². The minimum Gasteiger partial charge on any atom is -0.383 e. The molecule has 1 heterocycles. The number of nitrogens with one attached hydrogen (secondary N) is 3. The van der Waals surface area contributed by atoms with Crippen molar-refractivity contribution in [2.75, 3.05) is 46.4 Å². The van der Waals surface area contributed by atoms with E-state index < -0.39 is 6.03 Å². The standard InChI is InChI=1S/C11H22N4O3/c1-9-7-12-3-5-15(9)8-10(16)14-11(17)13-4-6-18-2/h9,12H,3-8H2,1-2H3,(H2,13,14,16,17). The van der Waals surface area contributed by atoms with E-state index in [2.05, 4.69) is 22.9 Å². The Morgan fingerprint density at radius 1 is 1.50 bits per heavy atom. The average molecular weight is 258 g/mol. The van der Waals surface area contributed by atoms with Gasteiger partial charge < -0.3 is 15.4 Å². The fourth-order valence-corrected chi connectivity index (χ4v) is 1.78. The Hall–Kier alpha value is -1.18. The number of hydrogen-bond donors (Lipinski definition) is 3. The first-order valence-electron chi connectivity index (χ1n) is 6.15. The molecule has 3 N–H and O–H groups in total. The highest BCUT2D eigenvalue weighted by molar-refractivity contribution is 5.95. The summed E-state index contributed by atoms with van der Waals surface area (Å²) in [6, 6.07) is -0.166. The Bertz CT molecular complexity index is 285. The number of imide groups is 1. The summed E-state index contributed by atoms with van der Waals surface area (Å²) in [6.45, 7) is 5.68. The van der Waals surface area contributed by atoms with Crippen molar-refractivity contribution in [3.8, 4) is 0 Å². The van der Waals surface area contributed by atoms with E-state index in [4.69, 9.17) is 4.74 Å². The van der Waals surface area contributed by atoms with E-state index in [1.807, 2.05) is 4.90 Å². The highest BCUT2D eigenvalue weighted by Gasteiger charge is 2.20. The van der Waals surface area contributed by atoms with Crippen LogP contribution >= 0.6 is 0 Å². The summed E-state index contributed by atoms with van der Waals surface area (Å²) < 4.78 is 4.79. The first kappa shape index (κ1) is 14.9. The summed E-state index contributed by atoms with van der Waals surface area (Å²) in [6.07, 6.45) is 0. The van der Waals surface area contributed by atoms with Gasteiger partial charge in [-0.3, -0.25) is 15.0 Å². The molecule has 0 radical (unpaired) electrons. The molecule has 1 saturated heterocycles. The second-order valence-electron chi connectivity index (χ2n) is 4.32. The second kappa shape index (κ2) is 8.02. The van der Waals surface area contributed by atoms with E-state index in [-0.39, 0.29) is 12.5 Å². The molecule has 1 atom stereocenters. The largest absolute Gasteiger partial charge is 0.383 e. The van der Waals surface area contributed by atoms with Crippen LogP contribution in [0.1, 0.15) is 6.92 Å². The van der Waals surface area contributed by atoms with Gasteiger partial charge in [0.1, 0.15) is 0 Å². The smallest absolute Gasteiger partial charge is 0.321 e. The van der Waals surface area contributed by atoms with Crippen molar-refractivity contribution in [1.82, 2.24) is 20.9 Å². The number of carbonyl (C=O) groups is 2. The quantitative estimate of drug-likeness (QED) is 0.537. The normalized spacial score (nSPS) is 20.4. The van der Waals surface area contributed by atoms with Crippen molar-refractivity contribution in [2.24, 2.45) is 0 Å². The number of piperazine rings is 1. The van der Waals surface area contributed by atoms with Crippen molar-refractivity contribution in [3.63, 3.8) is 0 Å². The molecular formula is C11H22N4O3. The SMILES string of the molecule is COCCNC(=O)NC(=O)CN1CCNCC1C. The zero-order chi connectivity index (χ0) is 13.4. The van der Waals surface area contributed by atoms with Gasteiger partial charge in [-0.15, -0.1) is 0 Å². The molecule has 1 fully saturated rings. The van der Waals surface area contributed by atoms with Gasteiger partial charge in [0, 0.05) is 39.3 Å². The molecular weight excluding hydrogens is 236 g/mol. The third-order valence-electron chi connectivity index (χ3n) is 2.83. The minimum absolute atomic E-state index is 0.251. The maximum absolute atomic E-state index is 11.6. The summed E-state index contributed by atoms with van der Waals surface area (Å²) in [7, 11) is 1.55. The molecule has 1 unspecified atom stereocenters. The summed E-state index contributed by atoms with van der Waals surface area (Å²) in [5.41, 5.74) is 0. The van der Waals surface area contributed by atoms with E-state index in [9.17, 15) is 9.59 Å². The third kappa shape index (κ3) is 5.44. The van der Waals surface area contributed by atoms with E-state index in [0.29, 0.717) is 19.2 Å². The van der Waals surface area contributed by atoms with Crippen molar-refractivity contribution in [3.05, 3.63) is 0 Å². The average Bonchev–Trinajstić information content (AvgIpc) is 2.32. The van der Waals surface area contributed by atoms with E-state index in [0.717, 1.165) is 19.6 Å². The van der Waals surface area contributed by atoms with Crippen molar-refractivity contribution in [2.45, 2.75) is 13.0 Å². The Kier molecular flexibility index (Phi) is 6.63. The molecule has 1 aliphatic heterocycles. The van der Waals surface area contributed by atoms with Gasteiger partial charge in [0.25, 0.3) is 0 Å². The lowest BCUT2D eigenvalue weighted by atomic mass is 10.2. The molecule has 7 heteroatoms. The Morgan fingerprint density at radius 3 is 2.94 bits per heavy atom. The minimum atomic E-state index is -0.472. The molecule has 0 aromatic rings. The Labute approximate surface area is 107 Å². The van der Waals surface area contributed by atoms with Crippen LogP contribution in [0.4, 0.5) is 4.79 Å². The molecule has 1 rings (SSSR count). The maximum Gasteiger partial charge on any atom is 0.321 e. The van der Waals surface area contributed by atoms with Gasteiger partial charge in [-0.05, 0) is 6.92 Å². The van der Waals surface area contributed by atoms with E-state index in [1.54, 1.807) is 7.11 Å². The van der Waals surface area contributed by atoms with Crippen LogP contribution in [0.3, 0.4) is 0 Å². The van der Waals surface area contributed by atoms with Gasteiger partial charge >= 0.3 is 6.03 Å². The summed E-state index contributed by atoms with van der Waals surface area (Å²) in [4.78, 5) is 25.0. The number of amides is 3. The predicted octanol–water partition coefficient (Wildman–Crippen LogP) is -1.25. The van der Waals surface area contributed by atoms with Gasteiger partial charge in [-0.1, -0.05) is 0 Å². The van der Waals surface area contributed by atoms with E-state index in [1.165, 1.54) is 0 Å². The zero-order valence-electron chi connectivity index (χ0n) is 11.0. The Morgan fingerprint density at radius 2 is 2.28 bits per heavy atom. The van der Waals surface area contributed by atoms with E-state index >= 15 is 0 Å². The van der Waals surface area contributed by atoms with Crippen LogP contribution < -0.4 is 16.0 Å². The van der Waals surface area contributed by atoms with Crippen LogP contribution in [-0.2, 0) is 9.53 Å². The van der Waals surface area contributed by atoms with Crippen LogP contribution in [0.2, 0.25) is 0 Å². The molecule has 0 spiro atoms. The molecule has 0 bridgehead atoms. The van der Waals surface area contributed by atoms with Crippen LogP contribution in [0.5, 0.6) is 0 Å². The molecule has 0 aliphatic carbocycles. The van der Waals surface area contributed by atoms with Crippen molar-refractivity contribution < 1.29 is 14.3 Å². The third-order valence-corrected chi connectivity index (χ3v) is 2.83. The molecule has 104 valence electrons. The first-order chi connectivity index (χ1) is 8.63. The number of nitrogens with zero attached hydrogens (tertiary/aromatic N) is 1. The van der Waals surface area contributed by atoms with Crippen LogP contribution in [0, 0.1) is 0 Å². The molecule has 1 aliphatic rings. The van der Waals surface area contributed by atoms with Crippen molar-refractivity contribution in [1.29, 1.82) is 0 Å². The first-order valence-corrected chi connectivity index (χ1v) is 6.15. The number of methoxy groups -OCH3 is 1. The van der Waals surface area contributed by atoms with Gasteiger partial charge in [-0.25, -0.2) is 4.79 Å². The van der Waals surface area contributed by atoms with Crippen molar-refractivity contribution >= 4 is 11.9 Å². The lowest BCUT2D eigenvalue weighted by Gasteiger charge is -2.33. The van der Waals surface area contributed by atoms with Gasteiger partial charge in [0.15, 0.2) is 0 Å². The monoisotopic (exact) mass is 258 g/mol. The Balaban J connectivity index is 2.21. The summed E-state index contributed by atoms with van der Waals surface area (Å²) in [5, 5.41) is 8.08.